The molecule has 0 saturated heterocycles. The van der Waals surface area contributed by atoms with Crippen LogP contribution in [0.15, 0.2) is 41.4 Å². The maximum Gasteiger partial charge on any atom is 0.295 e. The number of thioether (sulfide) groups is 1. The van der Waals surface area contributed by atoms with Gasteiger partial charge in [0.25, 0.3) is 17.4 Å². The highest BCUT2D eigenvalue weighted by Crippen LogP contribution is 2.31. The topological polar surface area (TPSA) is 72.2 Å². The zero-order valence-corrected chi connectivity index (χ0v) is 12.7. The second-order valence-electron chi connectivity index (χ2n) is 4.56. The summed E-state index contributed by atoms with van der Waals surface area (Å²) in [5.41, 5.74) is 1.06. The summed E-state index contributed by atoms with van der Waals surface area (Å²) in [4.78, 5) is 20.6. The van der Waals surface area contributed by atoms with E-state index in [0.717, 1.165) is 5.69 Å². The second kappa shape index (κ2) is 6.29. The summed E-state index contributed by atoms with van der Waals surface area (Å²) < 4.78 is 26.6. The smallest absolute Gasteiger partial charge is 0.295 e. The van der Waals surface area contributed by atoms with Crippen LogP contribution in [0.3, 0.4) is 0 Å². The van der Waals surface area contributed by atoms with Gasteiger partial charge in [-0.2, -0.15) is 13.8 Å². The monoisotopic (exact) mass is 335 g/mol. The van der Waals surface area contributed by atoms with Gasteiger partial charge in [-0.1, -0.05) is 23.9 Å². The van der Waals surface area contributed by atoms with Crippen molar-refractivity contribution >= 4 is 29.1 Å². The molecule has 1 aromatic carbocycles. The van der Waals surface area contributed by atoms with E-state index in [1.54, 1.807) is 37.4 Å². The number of aryl methyl sites for hydroxylation is 1. The number of carbonyl (C=O) groups excluding carboxylic acids is 1. The number of aromatic nitrogens is 4. The van der Waals surface area contributed by atoms with E-state index in [9.17, 15) is 13.6 Å². The van der Waals surface area contributed by atoms with Crippen LogP contribution in [0.4, 0.5) is 14.5 Å². The number of rotatable bonds is 4. The number of fused-ring (bicyclic) bond motifs is 1. The van der Waals surface area contributed by atoms with Crippen LogP contribution in [0.2, 0.25) is 0 Å². The van der Waals surface area contributed by atoms with Gasteiger partial charge in [0.05, 0.1) is 5.69 Å². The molecule has 0 bridgehead atoms. The summed E-state index contributed by atoms with van der Waals surface area (Å²) in [7, 11) is 0. The van der Waals surface area contributed by atoms with Gasteiger partial charge < -0.3 is 5.32 Å². The number of alkyl halides is 2. The number of nitrogens with zero attached hydrogens (tertiary/aromatic N) is 4. The number of carbonyl (C=O) groups is 1. The normalized spacial score (nSPS) is 11.1. The summed E-state index contributed by atoms with van der Waals surface area (Å²) in [6.45, 7) is 1.81. The molecule has 3 rings (SSSR count). The van der Waals surface area contributed by atoms with E-state index in [1.807, 2.05) is 0 Å². The lowest BCUT2D eigenvalue weighted by Gasteiger charge is -2.08. The van der Waals surface area contributed by atoms with Gasteiger partial charge in [0.1, 0.15) is 0 Å². The van der Waals surface area contributed by atoms with Crippen molar-refractivity contribution in [3.63, 3.8) is 0 Å². The van der Waals surface area contributed by atoms with Gasteiger partial charge in [-0.15, -0.1) is 5.10 Å². The molecule has 2 aromatic heterocycles. The van der Waals surface area contributed by atoms with Crippen LogP contribution in [-0.4, -0.2) is 31.2 Å². The highest BCUT2D eigenvalue weighted by Gasteiger charge is 2.17. The van der Waals surface area contributed by atoms with Crippen molar-refractivity contribution in [2.75, 3.05) is 5.32 Å². The summed E-state index contributed by atoms with van der Waals surface area (Å²) in [6, 6.07) is 8.06. The number of amides is 1. The van der Waals surface area contributed by atoms with Crippen LogP contribution in [0.25, 0.3) is 5.78 Å². The Labute approximate surface area is 133 Å². The molecule has 0 unspecified atom stereocenters. The van der Waals surface area contributed by atoms with E-state index in [4.69, 9.17) is 0 Å². The predicted molar refractivity (Wildman–Crippen MR) is 81.8 cm³/mol. The minimum atomic E-state index is -2.58. The Balaban J connectivity index is 1.88. The van der Waals surface area contributed by atoms with Crippen LogP contribution < -0.4 is 5.32 Å². The maximum absolute atomic E-state index is 12.6. The third-order valence-corrected chi connectivity index (χ3v) is 3.77. The Morgan fingerprint density at radius 3 is 2.83 bits per heavy atom. The number of halogens is 2. The lowest BCUT2D eigenvalue weighted by atomic mass is 10.3. The van der Waals surface area contributed by atoms with Crippen LogP contribution in [-0.2, 0) is 0 Å². The lowest BCUT2D eigenvalue weighted by molar-refractivity contribution is 0.101. The number of anilines is 1. The van der Waals surface area contributed by atoms with Crippen LogP contribution >= 0.6 is 11.8 Å². The van der Waals surface area contributed by atoms with Gasteiger partial charge in [0, 0.05) is 16.8 Å². The Hall–Kier alpha value is -2.55. The fourth-order valence-electron chi connectivity index (χ4n) is 1.95. The minimum absolute atomic E-state index is 0.0800. The first-order chi connectivity index (χ1) is 11.0. The lowest BCUT2D eigenvalue weighted by Crippen LogP contribution is -2.14. The molecule has 0 spiro atoms. The molecule has 0 aliphatic carbocycles. The van der Waals surface area contributed by atoms with Gasteiger partial charge in [0.2, 0.25) is 5.82 Å². The van der Waals surface area contributed by atoms with E-state index in [1.165, 1.54) is 10.6 Å². The quantitative estimate of drug-likeness (QED) is 0.742. The maximum atomic E-state index is 12.6. The largest absolute Gasteiger partial charge is 0.318 e. The van der Waals surface area contributed by atoms with Gasteiger partial charge >= 0.3 is 0 Å². The fourth-order valence-corrected chi connectivity index (χ4v) is 2.54. The van der Waals surface area contributed by atoms with Gasteiger partial charge in [-0.05, 0) is 25.1 Å². The first kappa shape index (κ1) is 15.3. The highest BCUT2D eigenvalue weighted by molar-refractivity contribution is 7.99. The van der Waals surface area contributed by atoms with Crippen molar-refractivity contribution in [2.24, 2.45) is 0 Å². The molecule has 2 heterocycles. The first-order valence-corrected chi connectivity index (χ1v) is 7.46. The summed E-state index contributed by atoms with van der Waals surface area (Å²) in [5, 5.41) is 6.63. The molecule has 6 nitrogen and oxygen atoms in total. The van der Waals surface area contributed by atoms with Crippen LogP contribution in [0, 0.1) is 6.92 Å². The Kier molecular flexibility index (Phi) is 4.20. The fraction of sp³-hybridized carbons (Fsp3) is 0.143. The highest BCUT2D eigenvalue weighted by atomic mass is 32.2. The number of hydrogen-bond acceptors (Lipinski definition) is 5. The van der Waals surface area contributed by atoms with Crippen molar-refractivity contribution in [3.8, 4) is 0 Å². The summed E-state index contributed by atoms with van der Waals surface area (Å²) >= 11 is 0.363. The molecule has 3 aromatic rings. The summed E-state index contributed by atoms with van der Waals surface area (Å²) in [5.74, 6) is -2.94. The number of nitrogens with one attached hydrogen (secondary N) is 1. The molecule has 118 valence electrons. The number of para-hydroxylation sites is 1. The zero-order chi connectivity index (χ0) is 16.4. The molecule has 0 fully saturated rings. The van der Waals surface area contributed by atoms with Crippen molar-refractivity contribution in [1.29, 1.82) is 0 Å². The van der Waals surface area contributed by atoms with E-state index in [-0.39, 0.29) is 16.4 Å². The third-order valence-electron chi connectivity index (χ3n) is 2.98. The molecule has 0 aliphatic heterocycles. The van der Waals surface area contributed by atoms with Crippen molar-refractivity contribution in [2.45, 2.75) is 17.6 Å². The number of benzene rings is 1. The average Bonchev–Trinajstić information content (AvgIpc) is 2.94. The SMILES string of the molecule is Cc1ccnc2nc(C(=O)Nc3ccccc3SC(F)F)nn12. The minimum Gasteiger partial charge on any atom is -0.318 e. The Morgan fingerprint density at radius 1 is 1.30 bits per heavy atom. The molecule has 23 heavy (non-hydrogen) atoms. The van der Waals surface area contributed by atoms with Crippen LogP contribution in [0.1, 0.15) is 16.3 Å². The van der Waals surface area contributed by atoms with E-state index >= 15 is 0 Å². The third kappa shape index (κ3) is 3.29. The first-order valence-electron chi connectivity index (χ1n) is 6.58. The molecule has 1 N–H and O–H groups in total. The molecular weight excluding hydrogens is 324 g/mol. The average molecular weight is 335 g/mol. The molecule has 0 saturated carbocycles. The van der Waals surface area contributed by atoms with Crippen molar-refractivity contribution in [3.05, 3.63) is 48.0 Å². The summed E-state index contributed by atoms with van der Waals surface area (Å²) in [6.07, 6.45) is 1.57. The van der Waals surface area contributed by atoms with Gasteiger partial charge in [0.15, 0.2) is 0 Å². The molecule has 0 atom stereocenters. The predicted octanol–water partition coefficient (Wildman–Crippen LogP) is 3.00. The molecule has 9 heteroatoms. The molecule has 0 aliphatic rings. The Morgan fingerprint density at radius 2 is 2.09 bits per heavy atom. The van der Waals surface area contributed by atoms with Crippen molar-refractivity contribution < 1.29 is 13.6 Å². The molecular formula is C14H11F2N5OS. The van der Waals surface area contributed by atoms with E-state index in [0.29, 0.717) is 17.5 Å². The Bertz CT molecular complexity index is 867. The molecule has 0 radical (unpaired) electrons. The van der Waals surface area contributed by atoms with Gasteiger partial charge in [-0.3, -0.25) is 4.79 Å². The van der Waals surface area contributed by atoms with Crippen molar-refractivity contribution in [1.82, 2.24) is 19.6 Å². The van der Waals surface area contributed by atoms with Crippen LogP contribution in [0.5, 0.6) is 0 Å². The zero-order valence-electron chi connectivity index (χ0n) is 11.9. The number of hydrogen-bond donors (Lipinski definition) is 1. The van der Waals surface area contributed by atoms with Gasteiger partial charge in [-0.25, -0.2) is 9.50 Å². The van der Waals surface area contributed by atoms with E-state index in [2.05, 4.69) is 20.4 Å². The standard InChI is InChI=1S/C14H11F2N5OS/c1-8-6-7-17-14-19-11(20-21(8)14)12(22)18-9-4-2-3-5-10(9)23-13(15)16/h2-7,13H,1H3,(H,18,22). The van der Waals surface area contributed by atoms with E-state index < -0.39 is 11.7 Å². The molecule has 1 amide bonds. The second-order valence-corrected chi connectivity index (χ2v) is 5.59.